The van der Waals surface area contributed by atoms with Crippen molar-refractivity contribution in [2.45, 2.75) is 13.0 Å². The second-order valence-electron chi connectivity index (χ2n) is 3.36. The highest BCUT2D eigenvalue weighted by molar-refractivity contribution is 9.10. The number of benzene rings is 1. The van der Waals surface area contributed by atoms with Crippen LogP contribution in [0.1, 0.15) is 6.92 Å². The Bertz CT molecular complexity index is 325. The second kappa shape index (κ2) is 3.22. The third-order valence-electron chi connectivity index (χ3n) is 2.39. The van der Waals surface area contributed by atoms with Gasteiger partial charge in [0.1, 0.15) is 0 Å². The van der Waals surface area contributed by atoms with Gasteiger partial charge in [0.2, 0.25) is 0 Å². The molecule has 3 heteroatoms. The first-order valence-corrected chi connectivity index (χ1v) is 5.11. The van der Waals surface area contributed by atoms with Gasteiger partial charge in [0, 0.05) is 24.1 Å². The highest BCUT2D eigenvalue weighted by Gasteiger charge is 2.18. The second-order valence-corrected chi connectivity index (χ2v) is 4.28. The molecule has 69 valence electrons. The van der Waals surface area contributed by atoms with E-state index in [-0.39, 0.29) is 0 Å². The Morgan fingerprint density at radius 3 is 3.15 bits per heavy atom. The lowest BCUT2D eigenvalue weighted by Crippen LogP contribution is -2.37. The lowest BCUT2D eigenvalue weighted by atomic mass is 10.1. The summed E-state index contributed by atoms with van der Waals surface area (Å²) < 4.78 is 1.10. The van der Waals surface area contributed by atoms with Crippen LogP contribution in [0.4, 0.5) is 11.4 Å². The average molecular weight is 240 g/mol. The van der Waals surface area contributed by atoms with Crippen LogP contribution in [0.25, 0.3) is 0 Å². The number of nitrogens with one attached hydrogen (secondary N) is 1. The molecule has 1 N–H and O–H groups in total. The van der Waals surface area contributed by atoms with E-state index in [1.165, 1.54) is 5.69 Å². The van der Waals surface area contributed by atoms with Crippen LogP contribution in [0.5, 0.6) is 0 Å². The Labute approximate surface area is 87.1 Å². The van der Waals surface area contributed by atoms with Crippen LogP contribution in [0.3, 0.4) is 0 Å². The number of hydrogen-bond acceptors (Lipinski definition) is 2. The molecule has 0 fully saturated rings. The molecular formula is C10H12BrN2. The number of anilines is 2. The zero-order valence-electron chi connectivity index (χ0n) is 7.55. The Hall–Kier alpha value is -0.700. The average Bonchev–Trinajstić information content (AvgIpc) is 2.12. The summed E-state index contributed by atoms with van der Waals surface area (Å²) in [6.45, 7) is 3.11. The molecule has 0 saturated carbocycles. The molecule has 1 aromatic rings. The Kier molecular flexibility index (Phi) is 2.20. The van der Waals surface area contributed by atoms with Crippen LogP contribution >= 0.6 is 15.9 Å². The highest BCUT2D eigenvalue weighted by Crippen LogP contribution is 2.32. The van der Waals surface area contributed by atoms with Crippen molar-refractivity contribution < 1.29 is 0 Å². The molecule has 1 radical (unpaired) electrons. The molecule has 0 aromatic heterocycles. The first kappa shape index (κ1) is 8.88. The minimum absolute atomic E-state index is 0.452. The number of nitrogens with zero attached hydrogens (tertiary/aromatic N) is 1. The predicted molar refractivity (Wildman–Crippen MR) is 59.9 cm³/mol. The monoisotopic (exact) mass is 239 g/mol. The van der Waals surface area contributed by atoms with E-state index in [1.807, 2.05) is 6.07 Å². The summed E-state index contributed by atoms with van der Waals surface area (Å²) in [6.07, 6.45) is 0. The molecule has 0 bridgehead atoms. The standard InChI is InChI=1S/C10H12BrN2/c1-7-6-12-9-5-8(11)3-4-10(9)13(7)2/h3-5,7,12H,2,6H2,1H3/t7-/m0/s1. The summed E-state index contributed by atoms with van der Waals surface area (Å²) in [7, 11) is 4.03. The van der Waals surface area contributed by atoms with Gasteiger partial charge in [-0.05, 0) is 25.1 Å². The van der Waals surface area contributed by atoms with Gasteiger partial charge < -0.3 is 10.2 Å². The van der Waals surface area contributed by atoms with E-state index < -0.39 is 0 Å². The fraction of sp³-hybridized carbons (Fsp3) is 0.300. The molecule has 0 spiro atoms. The number of halogens is 1. The summed E-state index contributed by atoms with van der Waals surface area (Å²) in [5.74, 6) is 0. The molecule has 0 amide bonds. The van der Waals surface area contributed by atoms with Gasteiger partial charge in [0.15, 0.2) is 0 Å². The zero-order chi connectivity index (χ0) is 9.42. The maximum atomic E-state index is 4.03. The molecule has 1 aromatic carbocycles. The van der Waals surface area contributed by atoms with Crippen LogP contribution in [-0.2, 0) is 0 Å². The lowest BCUT2D eigenvalue weighted by molar-refractivity contribution is 0.720. The van der Waals surface area contributed by atoms with Crippen molar-refractivity contribution in [2.75, 3.05) is 16.8 Å². The van der Waals surface area contributed by atoms with Crippen molar-refractivity contribution in [3.05, 3.63) is 29.7 Å². The van der Waals surface area contributed by atoms with Gasteiger partial charge in [-0.2, -0.15) is 0 Å². The summed E-state index contributed by atoms with van der Waals surface area (Å²) in [5, 5.41) is 3.37. The molecule has 1 heterocycles. The molecule has 1 aliphatic heterocycles. The molecule has 1 atom stereocenters. The van der Waals surface area contributed by atoms with Gasteiger partial charge in [0.25, 0.3) is 0 Å². The maximum Gasteiger partial charge on any atom is 0.0606 e. The predicted octanol–water partition coefficient (Wildman–Crippen LogP) is 2.86. The van der Waals surface area contributed by atoms with Crippen molar-refractivity contribution in [3.63, 3.8) is 0 Å². The first-order valence-electron chi connectivity index (χ1n) is 4.31. The van der Waals surface area contributed by atoms with Gasteiger partial charge >= 0.3 is 0 Å². The third kappa shape index (κ3) is 1.53. The topological polar surface area (TPSA) is 15.3 Å². The minimum Gasteiger partial charge on any atom is -0.381 e. The number of rotatable bonds is 0. The first-order chi connectivity index (χ1) is 6.18. The smallest absolute Gasteiger partial charge is 0.0606 e. The van der Waals surface area contributed by atoms with E-state index in [9.17, 15) is 0 Å². The molecule has 0 saturated heterocycles. The van der Waals surface area contributed by atoms with E-state index in [4.69, 9.17) is 0 Å². The summed E-state index contributed by atoms with van der Waals surface area (Å²) in [5.41, 5.74) is 2.32. The SMILES string of the molecule is [CH2]N1c2ccc(Br)cc2NC[C@@H]1C. The van der Waals surface area contributed by atoms with Crippen LogP contribution in [0, 0.1) is 7.05 Å². The van der Waals surface area contributed by atoms with Crippen LogP contribution in [0.15, 0.2) is 22.7 Å². The van der Waals surface area contributed by atoms with Gasteiger partial charge in [-0.15, -0.1) is 0 Å². The van der Waals surface area contributed by atoms with E-state index >= 15 is 0 Å². The number of fused-ring (bicyclic) bond motifs is 1. The van der Waals surface area contributed by atoms with E-state index in [2.05, 4.69) is 52.3 Å². The third-order valence-corrected chi connectivity index (χ3v) is 2.88. The van der Waals surface area contributed by atoms with E-state index in [0.717, 1.165) is 16.7 Å². The summed E-state index contributed by atoms with van der Waals surface area (Å²) in [6, 6.07) is 6.65. The fourth-order valence-electron chi connectivity index (χ4n) is 1.51. The van der Waals surface area contributed by atoms with Crippen molar-refractivity contribution in [2.24, 2.45) is 0 Å². The molecule has 2 rings (SSSR count). The van der Waals surface area contributed by atoms with Gasteiger partial charge in [-0.3, -0.25) is 0 Å². The maximum absolute atomic E-state index is 4.03. The van der Waals surface area contributed by atoms with Crippen molar-refractivity contribution in [1.29, 1.82) is 0 Å². The van der Waals surface area contributed by atoms with Gasteiger partial charge in [-0.25, -0.2) is 0 Å². The van der Waals surface area contributed by atoms with Gasteiger partial charge in [0.05, 0.1) is 11.4 Å². The fourth-order valence-corrected chi connectivity index (χ4v) is 1.87. The van der Waals surface area contributed by atoms with Crippen molar-refractivity contribution in [3.8, 4) is 0 Å². The Balaban J connectivity index is 2.44. The molecule has 0 unspecified atom stereocenters. The number of hydrogen-bond donors (Lipinski definition) is 1. The van der Waals surface area contributed by atoms with Crippen molar-refractivity contribution in [1.82, 2.24) is 0 Å². The summed E-state index contributed by atoms with van der Waals surface area (Å²) >= 11 is 3.45. The zero-order valence-corrected chi connectivity index (χ0v) is 9.13. The van der Waals surface area contributed by atoms with Crippen LogP contribution in [0.2, 0.25) is 0 Å². The normalized spacial score (nSPS) is 20.8. The molecule has 0 aliphatic carbocycles. The minimum atomic E-state index is 0.452. The molecule has 13 heavy (non-hydrogen) atoms. The Morgan fingerprint density at radius 1 is 1.62 bits per heavy atom. The van der Waals surface area contributed by atoms with Crippen molar-refractivity contribution >= 4 is 27.3 Å². The van der Waals surface area contributed by atoms with Crippen LogP contribution < -0.4 is 10.2 Å². The Morgan fingerprint density at radius 2 is 2.38 bits per heavy atom. The largest absolute Gasteiger partial charge is 0.381 e. The van der Waals surface area contributed by atoms with Gasteiger partial charge in [-0.1, -0.05) is 15.9 Å². The van der Waals surface area contributed by atoms with E-state index in [0.29, 0.717) is 6.04 Å². The molecular weight excluding hydrogens is 228 g/mol. The molecule has 2 nitrogen and oxygen atoms in total. The van der Waals surface area contributed by atoms with E-state index in [1.54, 1.807) is 0 Å². The van der Waals surface area contributed by atoms with Crippen LogP contribution in [-0.4, -0.2) is 12.6 Å². The lowest BCUT2D eigenvalue weighted by Gasteiger charge is -2.34. The highest BCUT2D eigenvalue weighted by atomic mass is 79.9. The summed E-state index contributed by atoms with van der Waals surface area (Å²) in [4.78, 5) is 2.05. The quantitative estimate of drug-likeness (QED) is 0.750. The molecule has 1 aliphatic rings.